The van der Waals surface area contributed by atoms with Crippen LogP contribution < -0.4 is 10.1 Å². The van der Waals surface area contributed by atoms with Crippen molar-refractivity contribution in [1.29, 1.82) is 0 Å². The van der Waals surface area contributed by atoms with Gasteiger partial charge in [0.2, 0.25) is 0 Å². The summed E-state index contributed by atoms with van der Waals surface area (Å²) in [5.41, 5.74) is 3.18. The van der Waals surface area contributed by atoms with Gasteiger partial charge >= 0.3 is 0 Å². The molecule has 0 atom stereocenters. The van der Waals surface area contributed by atoms with Crippen LogP contribution in [0.3, 0.4) is 0 Å². The number of amides is 2. The first-order valence-electron chi connectivity index (χ1n) is 9.78. The van der Waals surface area contributed by atoms with Gasteiger partial charge in [-0.2, -0.15) is 11.3 Å². The van der Waals surface area contributed by atoms with Crippen LogP contribution in [-0.2, 0) is 4.79 Å². The van der Waals surface area contributed by atoms with Crippen LogP contribution in [0.2, 0.25) is 0 Å². The van der Waals surface area contributed by atoms with Gasteiger partial charge in [-0.3, -0.25) is 9.59 Å². The normalized spacial score (nSPS) is 14.9. The summed E-state index contributed by atoms with van der Waals surface area (Å²) in [7, 11) is 0. The van der Waals surface area contributed by atoms with E-state index in [1.54, 1.807) is 0 Å². The Morgan fingerprint density at radius 3 is 2.61 bits per heavy atom. The Bertz CT molecular complexity index is 809. The van der Waals surface area contributed by atoms with Gasteiger partial charge in [-0.15, -0.1) is 0 Å². The molecule has 1 fully saturated rings. The molecule has 1 N–H and O–H groups in total. The highest BCUT2D eigenvalue weighted by molar-refractivity contribution is 7.08. The average molecular weight is 401 g/mol. The molecule has 0 spiro atoms. The molecule has 3 rings (SSSR count). The van der Waals surface area contributed by atoms with Gasteiger partial charge in [0.1, 0.15) is 5.75 Å². The van der Waals surface area contributed by atoms with Gasteiger partial charge in [0.25, 0.3) is 11.8 Å². The first-order valence-corrected chi connectivity index (χ1v) is 10.7. The molecule has 2 amide bonds. The predicted octanol–water partition coefficient (Wildman–Crippen LogP) is 3.98. The third kappa shape index (κ3) is 5.13. The number of likely N-dealkylation sites (tertiary alicyclic amines) is 1. The number of carbonyl (C=O) groups excluding carboxylic acids is 2. The first-order chi connectivity index (χ1) is 13.4. The second-order valence-corrected chi connectivity index (χ2v) is 8.38. The van der Waals surface area contributed by atoms with Gasteiger partial charge in [-0.05, 0) is 60.4 Å². The second kappa shape index (κ2) is 9.24. The molecule has 150 valence electrons. The molecule has 2 heterocycles. The Morgan fingerprint density at radius 1 is 1.25 bits per heavy atom. The highest BCUT2D eigenvalue weighted by Gasteiger charge is 2.24. The third-order valence-electron chi connectivity index (χ3n) is 5.19. The summed E-state index contributed by atoms with van der Waals surface area (Å²) in [5, 5.41) is 6.80. The minimum absolute atomic E-state index is 0.00630. The van der Waals surface area contributed by atoms with Crippen molar-refractivity contribution in [1.82, 2.24) is 10.2 Å². The number of carbonyl (C=O) groups is 2. The maximum Gasteiger partial charge on any atom is 0.260 e. The van der Waals surface area contributed by atoms with Crippen molar-refractivity contribution in [3.63, 3.8) is 0 Å². The fourth-order valence-corrected chi connectivity index (χ4v) is 4.19. The van der Waals surface area contributed by atoms with E-state index >= 15 is 0 Å². The summed E-state index contributed by atoms with van der Waals surface area (Å²) in [5.74, 6) is 1.16. The number of piperidine rings is 1. The van der Waals surface area contributed by atoms with Gasteiger partial charge < -0.3 is 15.0 Å². The van der Waals surface area contributed by atoms with E-state index in [9.17, 15) is 9.59 Å². The molecule has 28 heavy (non-hydrogen) atoms. The number of ether oxygens (including phenoxy) is 1. The number of nitrogens with one attached hydrogen (secondary N) is 1. The monoisotopic (exact) mass is 400 g/mol. The molecule has 0 unspecified atom stereocenters. The van der Waals surface area contributed by atoms with Crippen LogP contribution in [0.5, 0.6) is 5.75 Å². The summed E-state index contributed by atoms with van der Waals surface area (Å²) >= 11 is 1.51. The van der Waals surface area contributed by atoms with Gasteiger partial charge in [0.15, 0.2) is 6.61 Å². The van der Waals surface area contributed by atoms with E-state index in [0.29, 0.717) is 24.6 Å². The SMILES string of the molecule is Cc1cc(OCC(=O)N2CCC(NC(=O)c3ccsc3)CC2)ccc1C(C)C. The Kier molecular flexibility index (Phi) is 6.73. The van der Waals surface area contributed by atoms with Crippen LogP contribution in [0.1, 0.15) is 54.1 Å². The molecule has 2 aromatic rings. The van der Waals surface area contributed by atoms with E-state index in [0.717, 1.165) is 18.6 Å². The zero-order valence-corrected chi connectivity index (χ0v) is 17.6. The molecule has 0 saturated carbocycles. The molecule has 5 nitrogen and oxygen atoms in total. The smallest absolute Gasteiger partial charge is 0.260 e. The maximum atomic E-state index is 12.5. The van der Waals surface area contributed by atoms with Crippen LogP contribution >= 0.6 is 11.3 Å². The van der Waals surface area contributed by atoms with Gasteiger partial charge in [-0.1, -0.05) is 19.9 Å². The van der Waals surface area contributed by atoms with Crippen LogP contribution in [0, 0.1) is 6.92 Å². The van der Waals surface area contributed by atoms with E-state index in [1.165, 1.54) is 22.5 Å². The van der Waals surface area contributed by atoms with E-state index in [2.05, 4.69) is 32.2 Å². The standard InChI is InChI=1S/C22H28N2O3S/c1-15(2)20-5-4-19(12-16(20)3)27-13-21(25)24-9-6-18(7-10-24)23-22(26)17-8-11-28-14-17/h4-5,8,11-12,14-15,18H,6-7,9-10,13H2,1-3H3,(H,23,26). The molecule has 1 aliphatic rings. The zero-order valence-electron chi connectivity index (χ0n) is 16.7. The van der Waals surface area contributed by atoms with Crippen LogP contribution in [0.15, 0.2) is 35.0 Å². The number of benzene rings is 1. The quantitative estimate of drug-likeness (QED) is 0.798. The lowest BCUT2D eigenvalue weighted by Crippen LogP contribution is -2.47. The minimum Gasteiger partial charge on any atom is -0.484 e. The average Bonchev–Trinajstić information content (AvgIpc) is 3.21. The molecule has 1 aliphatic heterocycles. The number of hydrogen-bond donors (Lipinski definition) is 1. The molecule has 1 aromatic carbocycles. The van der Waals surface area contributed by atoms with Crippen molar-refractivity contribution < 1.29 is 14.3 Å². The molecular formula is C22H28N2O3S. The second-order valence-electron chi connectivity index (χ2n) is 7.60. The fraction of sp³-hybridized carbons (Fsp3) is 0.455. The maximum absolute atomic E-state index is 12.5. The highest BCUT2D eigenvalue weighted by Crippen LogP contribution is 2.23. The topological polar surface area (TPSA) is 58.6 Å². The van der Waals surface area contributed by atoms with Crippen molar-refractivity contribution in [3.8, 4) is 5.75 Å². The number of thiophene rings is 1. The summed E-state index contributed by atoms with van der Waals surface area (Å²) < 4.78 is 5.72. The Labute approximate surface area is 170 Å². The minimum atomic E-state index is -0.0328. The van der Waals surface area contributed by atoms with Crippen molar-refractivity contribution >= 4 is 23.2 Å². The summed E-state index contributed by atoms with van der Waals surface area (Å²) in [4.78, 5) is 26.4. The molecule has 0 radical (unpaired) electrons. The molecule has 1 saturated heterocycles. The Balaban J connectivity index is 1.44. The molecular weight excluding hydrogens is 372 g/mol. The number of hydrogen-bond acceptors (Lipinski definition) is 4. The van der Waals surface area contributed by atoms with Crippen molar-refractivity contribution in [2.45, 2.75) is 45.6 Å². The van der Waals surface area contributed by atoms with Gasteiger partial charge in [-0.25, -0.2) is 0 Å². The Hall–Kier alpha value is -2.34. The zero-order chi connectivity index (χ0) is 20.1. The third-order valence-corrected chi connectivity index (χ3v) is 5.88. The lowest BCUT2D eigenvalue weighted by atomic mass is 9.98. The number of rotatable bonds is 6. The van der Waals surface area contributed by atoms with Crippen LogP contribution in [0.4, 0.5) is 0 Å². The van der Waals surface area contributed by atoms with E-state index < -0.39 is 0 Å². The van der Waals surface area contributed by atoms with Gasteiger partial charge in [0.05, 0.1) is 0 Å². The molecule has 6 heteroatoms. The van der Waals surface area contributed by atoms with Crippen molar-refractivity contribution in [3.05, 3.63) is 51.7 Å². The van der Waals surface area contributed by atoms with Crippen LogP contribution in [-0.4, -0.2) is 42.5 Å². The largest absolute Gasteiger partial charge is 0.484 e. The lowest BCUT2D eigenvalue weighted by Gasteiger charge is -2.32. The molecule has 1 aromatic heterocycles. The van der Waals surface area contributed by atoms with Crippen molar-refractivity contribution in [2.75, 3.05) is 19.7 Å². The van der Waals surface area contributed by atoms with E-state index in [4.69, 9.17) is 4.74 Å². The molecule has 0 aliphatic carbocycles. The van der Waals surface area contributed by atoms with E-state index in [1.807, 2.05) is 33.9 Å². The summed E-state index contributed by atoms with van der Waals surface area (Å²) in [6.45, 7) is 7.73. The lowest BCUT2D eigenvalue weighted by molar-refractivity contribution is -0.134. The van der Waals surface area contributed by atoms with Crippen molar-refractivity contribution in [2.24, 2.45) is 0 Å². The predicted molar refractivity (Wildman–Crippen MR) is 112 cm³/mol. The summed E-state index contributed by atoms with van der Waals surface area (Å²) in [6, 6.07) is 7.94. The summed E-state index contributed by atoms with van der Waals surface area (Å²) in [6.07, 6.45) is 1.54. The number of nitrogens with zero attached hydrogens (tertiary/aromatic N) is 1. The number of aryl methyl sites for hydroxylation is 1. The fourth-order valence-electron chi connectivity index (χ4n) is 3.56. The Morgan fingerprint density at radius 2 is 2.00 bits per heavy atom. The van der Waals surface area contributed by atoms with E-state index in [-0.39, 0.29) is 24.5 Å². The van der Waals surface area contributed by atoms with Crippen LogP contribution in [0.25, 0.3) is 0 Å². The first kappa shape index (κ1) is 20.4. The highest BCUT2D eigenvalue weighted by atomic mass is 32.1. The van der Waals surface area contributed by atoms with Gasteiger partial charge in [0, 0.05) is 30.1 Å². The molecule has 0 bridgehead atoms.